The molecule has 0 spiro atoms. The Hall–Kier alpha value is -1.26. The van der Waals surface area contributed by atoms with Gasteiger partial charge in [0, 0.05) is 11.9 Å². The molecule has 0 aliphatic rings. The Morgan fingerprint density at radius 3 is 2.88 bits per heavy atom. The van der Waals surface area contributed by atoms with Gasteiger partial charge in [0.25, 0.3) is 0 Å². The molecule has 2 rings (SSSR count). The first-order valence-corrected chi connectivity index (χ1v) is 6.07. The first-order valence-electron chi connectivity index (χ1n) is 4.70. The summed E-state index contributed by atoms with van der Waals surface area (Å²) in [6, 6.07) is 9.24. The third kappa shape index (κ3) is 2.87. The molecule has 2 aromatic rings. The van der Waals surface area contributed by atoms with E-state index in [1.54, 1.807) is 30.1 Å². The van der Waals surface area contributed by atoms with Crippen molar-refractivity contribution in [2.24, 2.45) is 0 Å². The van der Waals surface area contributed by atoms with Gasteiger partial charge in [0.1, 0.15) is 5.82 Å². The molecule has 2 aromatic heterocycles. The predicted octanol–water partition coefficient (Wildman–Crippen LogP) is 3.00. The topological polar surface area (TPSA) is 51.8 Å². The molecule has 0 aliphatic carbocycles. The number of hydrogen-bond acceptors (Lipinski definition) is 4. The van der Waals surface area contributed by atoms with Gasteiger partial charge in [-0.25, -0.2) is 9.97 Å². The lowest BCUT2D eigenvalue weighted by Gasteiger charge is -2.03. The molecule has 82 valence electrons. The summed E-state index contributed by atoms with van der Waals surface area (Å²) in [6.07, 6.45) is 1.76. The van der Waals surface area contributed by atoms with E-state index in [9.17, 15) is 0 Å². The van der Waals surface area contributed by atoms with E-state index < -0.39 is 0 Å². The molecule has 0 radical (unpaired) electrons. The molecule has 2 N–H and O–H groups in total. The van der Waals surface area contributed by atoms with Crippen LogP contribution in [0.5, 0.6) is 0 Å². The maximum atomic E-state index is 6.01. The minimum Gasteiger partial charge on any atom is -0.384 e. The Morgan fingerprint density at radius 1 is 1.25 bits per heavy atom. The molecular formula is C11H10ClN3S. The van der Waals surface area contributed by atoms with E-state index in [0.717, 1.165) is 10.7 Å². The Labute approximate surface area is 103 Å². The van der Waals surface area contributed by atoms with E-state index in [0.29, 0.717) is 16.6 Å². The van der Waals surface area contributed by atoms with Crippen LogP contribution in [0.15, 0.2) is 41.6 Å². The van der Waals surface area contributed by atoms with Crippen molar-refractivity contribution in [1.82, 2.24) is 9.97 Å². The minimum absolute atomic E-state index is 0.487. The summed E-state index contributed by atoms with van der Waals surface area (Å²) in [6.45, 7) is 0. The summed E-state index contributed by atoms with van der Waals surface area (Å²) in [4.78, 5) is 8.39. The van der Waals surface area contributed by atoms with Crippen LogP contribution in [-0.2, 0) is 5.75 Å². The molecular weight excluding hydrogens is 242 g/mol. The molecule has 0 saturated carbocycles. The zero-order valence-corrected chi connectivity index (χ0v) is 10.0. The molecule has 0 aliphatic heterocycles. The summed E-state index contributed by atoms with van der Waals surface area (Å²) >= 11 is 7.59. The SMILES string of the molecule is Nc1ccc(Cl)c(CSc2ccccn2)n1. The van der Waals surface area contributed by atoms with Gasteiger partial charge in [-0.15, -0.1) is 0 Å². The van der Waals surface area contributed by atoms with Gasteiger partial charge >= 0.3 is 0 Å². The van der Waals surface area contributed by atoms with E-state index in [2.05, 4.69) is 9.97 Å². The van der Waals surface area contributed by atoms with Crippen molar-refractivity contribution in [2.75, 3.05) is 5.73 Å². The van der Waals surface area contributed by atoms with E-state index in [4.69, 9.17) is 17.3 Å². The lowest BCUT2D eigenvalue weighted by Crippen LogP contribution is -1.95. The molecule has 0 unspecified atom stereocenters. The number of aromatic nitrogens is 2. The van der Waals surface area contributed by atoms with Gasteiger partial charge in [-0.1, -0.05) is 29.4 Å². The minimum atomic E-state index is 0.487. The van der Waals surface area contributed by atoms with Crippen LogP contribution < -0.4 is 5.73 Å². The van der Waals surface area contributed by atoms with Crippen LogP contribution in [0.4, 0.5) is 5.82 Å². The normalized spacial score (nSPS) is 10.3. The smallest absolute Gasteiger partial charge is 0.123 e. The number of nitrogens with zero attached hydrogens (tertiary/aromatic N) is 2. The van der Waals surface area contributed by atoms with Gasteiger partial charge in [-0.05, 0) is 24.3 Å². The summed E-state index contributed by atoms with van der Waals surface area (Å²) < 4.78 is 0. The van der Waals surface area contributed by atoms with Crippen molar-refractivity contribution in [3.63, 3.8) is 0 Å². The fourth-order valence-electron chi connectivity index (χ4n) is 1.18. The van der Waals surface area contributed by atoms with Gasteiger partial charge in [0.15, 0.2) is 0 Å². The Bertz CT molecular complexity index is 476. The molecule has 2 heterocycles. The third-order valence-corrected chi connectivity index (χ3v) is 3.23. The molecule has 0 saturated heterocycles. The zero-order valence-electron chi connectivity index (χ0n) is 8.43. The van der Waals surface area contributed by atoms with Crippen LogP contribution in [0.3, 0.4) is 0 Å². The highest BCUT2D eigenvalue weighted by Crippen LogP contribution is 2.24. The highest BCUT2D eigenvalue weighted by Gasteiger charge is 2.04. The number of nitrogens with two attached hydrogens (primary N) is 1. The maximum absolute atomic E-state index is 6.01. The first kappa shape index (κ1) is 11.2. The number of nitrogen functional groups attached to an aromatic ring is 1. The van der Waals surface area contributed by atoms with Crippen LogP contribution in [-0.4, -0.2) is 9.97 Å². The quantitative estimate of drug-likeness (QED) is 0.852. The van der Waals surface area contributed by atoms with Gasteiger partial charge < -0.3 is 5.73 Å². The monoisotopic (exact) mass is 251 g/mol. The van der Waals surface area contributed by atoms with Crippen LogP contribution in [0.2, 0.25) is 5.02 Å². The van der Waals surface area contributed by atoms with Gasteiger partial charge in [-0.3, -0.25) is 0 Å². The summed E-state index contributed by atoms with van der Waals surface area (Å²) in [5.74, 6) is 1.15. The van der Waals surface area contributed by atoms with E-state index in [1.165, 1.54) is 0 Å². The van der Waals surface area contributed by atoms with Gasteiger partial charge in [0.05, 0.1) is 15.7 Å². The van der Waals surface area contributed by atoms with Crippen molar-refractivity contribution in [1.29, 1.82) is 0 Å². The summed E-state index contributed by atoms with van der Waals surface area (Å²) in [5, 5.41) is 1.58. The fraction of sp³-hybridized carbons (Fsp3) is 0.0909. The van der Waals surface area contributed by atoms with Crippen molar-refractivity contribution >= 4 is 29.2 Å². The molecule has 5 heteroatoms. The van der Waals surface area contributed by atoms with Crippen LogP contribution in [0.1, 0.15) is 5.69 Å². The Kier molecular flexibility index (Phi) is 3.64. The highest BCUT2D eigenvalue weighted by atomic mass is 35.5. The van der Waals surface area contributed by atoms with Crippen LogP contribution in [0.25, 0.3) is 0 Å². The summed E-state index contributed by atoms with van der Waals surface area (Å²) in [5.41, 5.74) is 6.39. The molecule has 16 heavy (non-hydrogen) atoms. The number of hydrogen-bond donors (Lipinski definition) is 1. The van der Waals surface area contributed by atoms with E-state index in [1.807, 2.05) is 18.2 Å². The van der Waals surface area contributed by atoms with Crippen molar-refractivity contribution < 1.29 is 0 Å². The van der Waals surface area contributed by atoms with Gasteiger partial charge in [-0.2, -0.15) is 0 Å². The summed E-state index contributed by atoms with van der Waals surface area (Å²) in [7, 11) is 0. The number of thioether (sulfide) groups is 1. The number of anilines is 1. The Balaban J connectivity index is 2.08. The van der Waals surface area contributed by atoms with Crippen molar-refractivity contribution in [3.05, 3.63) is 47.2 Å². The Morgan fingerprint density at radius 2 is 2.12 bits per heavy atom. The molecule has 3 nitrogen and oxygen atoms in total. The van der Waals surface area contributed by atoms with Crippen molar-refractivity contribution in [3.8, 4) is 0 Å². The van der Waals surface area contributed by atoms with Gasteiger partial charge in [0.2, 0.25) is 0 Å². The second-order valence-corrected chi connectivity index (χ2v) is 4.52. The standard InChI is InChI=1S/C11H10ClN3S/c12-8-4-5-10(13)15-9(8)7-16-11-3-1-2-6-14-11/h1-6H,7H2,(H2,13,15). The van der Waals surface area contributed by atoms with Crippen LogP contribution >= 0.6 is 23.4 Å². The highest BCUT2D eigenvalue weighted by molar-refractivity contribution is 7.98. The number of pyridine rings is 2. The molecule has 0 fully saturated rings. The average molecular weight is 252 g/mol. The van der Waals surface area contributed by atoms with E-state index >= 15 is 0 Å². The number of halogens is 1. The van der Waals surface area contributed by atoms with E-state index in [-0.39, 0.29) is 0 Å². The maximum Gasteiger partial charge on any atom is 0.123 e. The van der Waals surface area contributed by atoms with Crippen LogP contribution in [0, 0.1) is 0 Å². The first-order chi connectivity index (χ1) is 7.75. The molecule has 0 amide bonds. The second-order valence-electron chi connectivity index (χ2n) is 3.12. The molecule has 0 atom stereocenters. The molecule has 0 aromatic carbocycles. The predicted molar refractivity (Wildman–Crippen MR) is 67.5 cm³/mol. The van der Waals surface area contributed by atoms with Crippen molar-refractivity contribution in [2.45, 2.75) is 10.8 Å². The lowest BCUT2D eigenvalue weighted by molar-refractivity contribution is 1.12. The average Bonchev–Trinajstić information content (AvgIpc) is 2.32. The number of rotatable bonds is 3. The molecule has 0 bridgehead atoms. The fourth-order valence-corrected chi connectivity index (χ4v) is 2.24. The largest absolute Gasteiger partial charge is 0.384 e. The second kappa shape index (κ2) is 5.18. The third-order valence-electron chi connectivity index (χ3n) is 1.93. The zero-order chi connectivity index (χ0) is 11.4. The lowest BCUT2D eigenvalue weighted by atomic mass is 10.4.